The highest BCUT2D eigenvalue weighted by Crippen LogP contribution is 2.39. The third kappa shape index (κ3) is 3.38. The molecule has 0 saturated heterocycles. The number of hydrogen-bond donors (Lipinski definition) is 1. The first-order valence-corrected chi connectivity index (χ1v) is 7.65. The highest BCUT2D eigenvalue weighted by atomic mass is 35.5. The van der Waals surface area contributed by atoms with E-state index in [1.807, 2.05) is 0 Å². The fraction of sp³-hybridized carbons (Fsp3) is 0.692. The maximum Gasteiger partial charge on any atom is 0.162 e. The molecule has 0 amide bonds. The second-order valence-electron chi connectivity index (χ2n) is 5.59. The molecule has 104 valence electrons. The Hall–Kier alpha value is -0.830. The molecule has 1 aliphatic rings. The molecule has 1 saturated carbocycles. The van der Waals surface area contributed by atoms with Gasteiger partial charge in [-0.3, -0.25) is 0 Å². The Morgan fingerprint density at radius 2 is 2.16 bits per heavy atom. The van der Waals surface area contributed by atoms with Gasteiger partial charge < -0.3 is 10.2 Å². The van der Waals surface area contributed by atoms with E-state index in [0.29, 0.717) is 16.1 Å². The molecule has 1 N–H and O–H groups in total. The summed E-state index contributed by atoms with van der Waals surface area (Å²) in [7, 11) is 4.23. The molecular weight excluding hydrogens is 280 g/mol. The van der Waals surface area contributed by atoms with Crippen molar-refractivity contribution in [2.75, 3.05) is 32.5 Å². The zero-order valence-corrected chi connectivity index (χ0v) is 12.9. The smallest absolute Gasteiger partial charge is 0.162 e. The van der Waals surface area contributed by atoms with Gasteiger partial charge in [-0.1, -0.05) is 24.4 Å². The van der Waals surface area contributed by atoms with E-state index >= 15 is 0 Å². The van der Waals surface area contributed by atoms with Gasteiger partial charge in [0.05, 0.1) is 0 Å². The first kappa shape index (κ1) is 14.6. The summed E-state index contributed by atoms with van der Waals surface area (Å²) in [5.74, 6) is 0. The summed E-state index contributed by atoms with van der Waals surface area (Å²) in [4.78, 5) is 2.25. The topological polar surface area (TPSA) is 52.0 Å². The molecule has 4 nitrogen and oxygen atoms in total. The lowest BCUT2D eigenvalue weighted by Gasteiger charge is -2.32. The largest absolute Gasteiger partial charge is 0.374 e. The Balaban J connectivity index is 2.05. The van der Waals surface area contributed by atoms with Gasteiger partial charge in [-0.05, 0) is 38.5 Å². The lowest BCUT2D eigenvalue weighted by molar-refractivity contribution is 0.215. The van der Waals surface area contributed by atoms with Crippen LogP contribution < -0.4 is 5.32 Å². The van der Waals surface area contributed by atoms with Crippen LogP contribution in [0, 0.1) is 16.7 Å². The fourth-order valence-corrected chi connectivity index (χ4v) is 3.87. The molecule has 0 aliphatic heterocycles. The number of rotatable bonds is 5. The third-order valence-corrected chi connectivity index (χ3v) is 4.88. The fourth-order valence-electron chi connectivity index (χ4n) is 2.94. The zero-order valence-electron chi connectivity index (χ0n) is 11.4. The molecule has 19 heavy (non-hydrogen) atoms. The molecule has 1 aromatic heterocycles. The minimum absolute atomic E-state index is 0.308. The van der Waals surface area contributed by atoms with Gasteiger partial charge in [0.15, 0.2) is 5.15 Å². The monoisotopic (exact) mass is 298 g/mol. The first-order valence-electron chi connectivity index (χ1n) is 6.50. The standard InChI is InChI=1S/C13H19ClN4S/c1-18(2)9-13(5-3-4-6-13)8-16-12-10(7-15)11(14)17-19-12/h16H,3-6,8-9H2,1-2H3. The lowest BCUT2D eigenvalue weighted by atomic mass is 9.85. The van der Waals surface area contributed by atoms with Crippen molar-refractivity contribution in [3.63, 3.8) is 0 Å². The Morgan fingerprint density at radius 1 is 1.47 bits per heavy atom. The molecule has 2 rings (SSSR count). The number of halogens is 1. The summed E-state index contributed by atoms with van der Waals surface area (Å²) in [6, 6.07) is 2.12. The third-order valence-electron chi connectivity index (χ3n) is 3.70. The molecule has 0 unspecified atom stereocenters. The number of nitrogens with zero attached hydrogens (tertiary/aromatic N) is 3. The van der Waals surface area contributed by atoms with Crippen LogP contribution in [0.2, 0.25) is 5.15 Å². The highest BCUT2D eigenvalue weighted by Gasteiger charge is 2.34. The predicted octanol–water partition coefficient (Wildman–Crippen LogP) is 3.20. The Kier molecular flexibility index (Phi) is 4.67. The van der Waals surface area contributed by atoms with Crippen LogP contribution in [0.15, 0.2) is 0 Å². The van der Waals surface area contributed by atoms with Gasteiger partial charge in [0.25, 0.3) is 0 Å². The molecule has 0 spiro atoms. The van der Waals surface area contributed by atoms with Crippen molar-refractivity contribution >= 4 is 28.1 Å². The van der Waals surface area contributed by atoms with Gasteiger partial charge in [0.2, 0.25) is 0 Å². The molecule has 0 aromatic carbocycles. The molecule has 6 heteroatoms. The minimum atomic E-state index is 0.308. The Morgan fingerprint density at radius 3 is 2.74 bits per heavy atom. The van der Waals surface area contributed by atoms with E-state index in [1.165, 1.54) is 37.2 Å². The summed E-state index contributed by atoms with van der Waals surface area (Å²) in [6.07, 6.45) is 5.08. The number of aromatic nitrogens is 1. The average molecular weight is 299 g/mol. The van der Waals surface area contributed by atoms with Crippen molar-refractivity contribution in [3.8, 4) is 6.07 Å². The summed E-state index contributed by atoms with van der Waals surface area (Å²) in [5, 5.41) is 13.6. The van der Waals surface area contributed by atoms with Gasteiger partial charge in [0.1, 0.15) is 16.6 Å². The second-order valence-corrected chi connectivity index (χ2v) is 6.72. The van der Waals surface area contributed by atoms with Crippen LogP contribution in [-0.4, -0.2) is 36.5 Å². The van der Waals surface area contributed by atoms with Gasteiger partial charge in [-0.25, -0.2) is 0 Å². The molecule has 1 aromatic rings. The lowest BCUT2D eigenvalue weighted by Crippen LogP contribution is -2.37. The summed E-state index contributed by atoms with van der Waals surface area (Å²) >= 11 is 7.16. The summed E-state index contributed by atoms with van der Waals surface area (Å²) in [6.45, 7) is 1.97. The van der Waals surface area contributed by atoms with Gasteiger partial charge in [0, 0.05) is 18.5 Å². The van der Waals surface area contributed by atoms with Crippen molar-refractivity contribution in [1.29, 1.82) is 5.26 Å². The molecule has 1 fully saturated rings. The van der Waals surface area contributed by atoms with Gasteiger partial charge in [-0.2, -0.15) is 9.64 Å². The molecule has 1 aliphatic carbocycles. The van der Waals surface area contributed by atoms with E-state index in [1.54, 1.807) is 0 Å². The number of hydrogen-bond acceptors (Lipinski definition) is 5. The van der Waals surface area contributed by atoms with Crippen LogP contribution in [0.3, 0.4) is 0 Å². The van der Waals surface area contributed by atoms with E-state index < -0.39 is 0 Å². The first-order chi connectivity index (χ1) is 9.06. The molecule has 1 heterocycles. The normalized spacial score (nSPS) is 17.6. The highest BCUT2D eigenvalue weighted by molar-refractivity contribution is 7.10. The molecule has 0 bridgehead atoms. The van der Waals surface area contributed by atoms with Gasteiger partial charge in [-0.15, -0.1) is 0 Å². The number of anilines is 1. The van der Waals surface area contributed by atoms with Crippen LogP contribution in [0.25, 0.3) is 0 Å². The number of nitriles is 1. The molecule has 0 radical (unpaired) electrons. The van der Waals surface area contributed by atoms with E-state index in [-0.39, 0.29) is 0 Å². The van der Waals surface area contributed by atoms with Crippen LogP contribution >= 0.6 is 23.1 Å². The van der Waals surface area contributed by atoms with E-state index in [4.69, 9.17) is 16.9 Å². The van der Waals surface area contributed by atoms with Crippen molar-refractivity contribution in [1.82, 2.24) is 9.27 Å². The van der Waals surface area contributed by atoms with Crippen molar-refractivity contribution < 1.29 is 0 Å². The van der Waals surface area contributed by atoms with E-state index in [2.05, 4.69) is 34.8 Å². The van der Waals surface area contributed by atoms with Crippen LogP contribution in [0.1, 0.15) is 31.2 Å². The van der Waals surface area contributed by atoms with E-state index in [9.17, 15) is 0 Å². The predicted molar refractivity (Wildman–Crippen MR) is 79.8 cm³/mol. The van der Waals surface area contributed by atoms with Crippen LogP contribution in [0.5, 0.6) is 0 Å². The average Bonchev–Trinajstić information content (AvgIpc) is 2.93. The molecular formula is C13H19ClN4S. The molecule has 0 atom stereocenters. The van der Waals surface area contributed by atoms with Crippen molar-refractivity contribution in [2.24, 2.45) is 5.41 Å². The van der Waals surface area contributed by atoms with Crippen LogP contribution in [0.4, 0.5) is 5.00 Å². The van der Waals surface area contributed by atoms with E-state index in [0.717, 1.165) is 18.1 Å². The van der Waals surface area contributed by atoms with Crippen LogP contribution in [-0.2, 0) is 0 Å². The van der Waals surface area contributed by atoms with Crippen molar-refractivity contribution in [3.05, 3.63) is 10.7 Å². The summed E-state index contributed by atoms with van der Waals surface area (Å²) < 4.78 is 4.03. The minimum Gasteiger partial charge on any atom is -0.374 e. The number of nitrogens with one attached hydrogen (secondary N) is 1. The Bertz CT molecular complexity index is 471. The Labute approximate surface area is 123 Å². The summed E-state index contributed by atoms with van der Waals surface area (Å²) in [5.41, 5.74) is 0.789. The SMILES string of the molecule is CN(C)CC1(CNc2snc(Cl)c2C#N)CCCC1. The zero-order chi connectivity index (χ0) is 13.9. The van der Waals surface area contributed by atoms with Crippen molar-refractivity contribution in [2.45, 2.75) is 25.7 Å². The quantitative estimate of drug-likeness (QED) is 0.907. The second kappa shape index (κ2) is 6.08. The maximum absolute atomic E-state index is 9.07. The maximum atomic E-state index is 9.07. The van der Waals surface area contributed by atoms with Gasteiger partial charge >= 0.3 is 0 Å².